The monoisotopic (exact) mass is 197 g/mol. The van der Waals surface area contributed by atoms with Gasteiger partial charge in [-0.2, -0.15) is 0 Å². The van der Waals surface area contributed by atoms with Crippen molar-refractivity contribution >= 4 is 6.03 Å². The van der Waals surface area contributed by atoms with Crippen molar-refractivity contribution in [1.29, 1.82) is 0 Å². The molecule has 0 spiro atoms. The van der Waals surface area contributed by atoms with E-state index < -0.39 is 0 Å². The lowest BCUT2D eigenvalue weighted by Crippen LogP contribution is -2.52. The highest BCUT2D eigenvalue weighted by atomic mass is 16.2. The third kappa shape index (κ3) is 3.38. The summed E-state index contributed by atoms with van der Waals surface area (Å²) >= 11 is 0. The molecule has 1 fully saturated rings. The van der Waals surface area contributed by atoms with Gasteiger partial charge in [-0.3, -0.25) is 0 Å². The van der Waals surface area contributed by atoms with Crippen molar-refractivity contribution in [3.8, 4) is 0 Å². The summed E-state index contributed by atoms with van der Waals surface area (Å²) in [4.78, 5) is 11.3. The van der Waals surface area contributed by atoms with Crippen molar-refractivity contribution in [3.63, 3.8) is 0 Å². The molecule has 1 aliphatic rings. The van der Waals surface area contributed by atoms with Crippen molar-refractivity contribution < 1.29 is 4.79 Å². The van der Waals surface area contributed by atoms with E-state index in [-0.39, 0.29) is 12.1 Å². The number of nitrogens with one attached hydrogen (secondary N) is 3. The summed E-state index contributed by atoms with van der Waals surface area (Å²) in [5.41, 5.74) is 0. The van der Waals surface area contributed by atoms with Gasteiger partial charge in [-0.05, 0) is 18.9 Å². The van der Waals surface area contributed by atoms with Gasteiger partial charge in [0.05, 0.1) is 0 Å². The molecule has 4 nitrogen and oxygen atoms in total. The number of carbonyl (C=O) groups is 1. The lowest BCUT2D eigenvalue weighted by Gasteiger charge is -2.30. The third-order valence-electron chi connectivity index (χ3n) is 2.55. The topological polar surface area (TPSA) is 53.2 Å². The van der Waals surface area contributed by atoms with E-state index in [0.29, 0.717) is 12.5 Å². The van der Waals surface area contributed by atoms with E-state index in [1.807, 2.05) is 0 Å². The Hall–Kier alpha value is -1.03. The molecule has 2 amide bonds. The van der Waals surface area contributed by atoms with Crippen molar-refractivity contribution in [1.82, 2.24) is 16.0 Å². The quantitative estimate of drug-likeness (QED) is 0.576. The van der Waals surface area contributed by atoms with Crippen LogP contribution in [-0.2, 0) is 0 Å². The lowest BCUT2D eigenvalue weighted by atomic mass is 9.95. The van der Waals surface area contributed by atoms with Gasteiger partial charge in [-0.15, -0.1) is 6.58 Å². The van der Waals surface area contributed by atoms with Crippen LogP contribution in [0.1, 0.15) is 13.3 Å². The summed E-state index contributed by atoms with van der Waals surface area (Å²) in [5, 5.41) is 8.91. The normalized spacial score (nSPS) is 26.6. The van der Waals surface area contributed by atoms with Gasteiger partial charge in [-0.1, -0.05) is 13.0 Å². The highest BCUT2D eigenvalue weighted by Crippen LogP contribution is 2.10. The molecular formula is C10H19N3O. The first kappa shape index (κ1) is 11.0. The van der Waals surface area contributed by atoms with Gasteiger partial charge in [0.2, 0.25) is 0 Å². The first-order valence-corrected chi connectivity index (χ1v) is 5.10. The van der Waals surface area contributed by atoms with Crippen LogP contribution < -0.4 is 16.0 Å². The summed E-state index contributed by atoms with van der Waals surface area (Å²) in [5.74, 6) is 0.547. The number of rotatable bonds is 3. The van der Waals surface area contributed by atoms with E-state index in [9.17, 15) is 4.79 Å². The van der Waals surface area contributed by atoms with Crippen LogP contribution in [0.15, 0.2) is 12.7 Å². The van der Waals surface area contributed by atoms with E-state index in [1.165, 1.54) is 0 Å². The molecule has 14 heavy (non-hydrogen) atoms. The average molecular weight is 197 g/mol. The molecule has 0 bridgehead atoms. The molecule has 0 aromatic rings. The highest BCUT2D eigenvalue weighted by Gasteiger charge is 2.21. The van der Waals surface area contributed by atoms with Gasteiger partial charge in [0.15, 0.2) is 0 Å². The largest absolute Gasteiger partial charge is 0.335 e. The molecule has 1 aliphatic heterocycles. The molecular weight excluding hydrogens is 178 g/mol. The second-order valence-electron chi connectivity index (χ2n) is 3.72. The van der Waals surface area contributed by atoms with E-state index in [2.05, 4.69) is 29.5 Å². The molecule has 0 radical (unpaired) electrons. The van der Waals surface area contributed by atoms with Gasteiger partial charge in [0, 0.05) is 19.1 Å². The Labute approximate surface area is 85.1 Å². The summed E-state index contributed by atoms with van der Waals surface area (Å²) in [6, 6.07) is 0.138. The molecule has 0 saturated carbocycles. The zero-order valence-corrected chi connectivity index (χ0v) is 8.68. The van der Waals surface area contributed by atoms with Gasteiger partial charge in [0.25, 0.3) is 0 Å². The maximum Gasteiger partial charge on any atom is 0.315 e. The number of urea groups is 1. The fourth-order valence-electron chi connectivity index (χ4n) is 1.57. The molecule has 0 aliphatic carbocycles. The van der Waals surface area contributed by atoms with Crippen LogP contribution in [-0.4, -0.2) is 31.7 Å². The Morgan fingerprint density at radius 1 is 1.71 bits per heavy atom. The summed E-state index contributed by atoms with van der Waals surface area (Å²) in [6.45, 7) is 8.13. The Bertz CT molecular complexity index is 206. The summed E-state index contributed by atoms with van der Waals surface area (Å²) in [7, 11) is 0. The van der Waals surface area contributed by atoms with E-state index in [1.54, 1.807) is 6.08 Å². The fraction of sp³-hybridized carbons (Fsp3) is 0.700. The smallest absolute Gasteiger partial charge is 0.315 e. The predicted molar refractivity (Wildman–Crippen MR) is 57.2 cm³/mol. The number of hydrogen-bond acceptors (Lipinski definition) is 2. The summed E-state index contributed by atoms with van der Waals surface area (Å²) < 4.78 is 0. The minimum absolute atomic E-state index is 0.106. The van der Waals surface area contributed by atoms with Crippen LogP contribution in [0.5, 0.6) is 0 Å². The van der Waals surface area contributed by atoms with Crippen molar-refractivity contribution in [2.75, 3.05) is 19.6 Å². The summed E-state index contributed by atoms with van der Waals surface area (Å²) in [6.07, 6.45) is 2.79. The van der Waals surface area contributed by atoms with Gasteiger partial charge in [-0.25, -0.2) is 4.79 Å². The maximum absolute atomic E-state index is 11.3. The second-order valence-corrected chi connectivity index (χ2v) is 3.72. The molecule has 3 N–H and O–H groups in total. The zero-order chi connectivity index (χ0) is 10.4. The third-order valence-corrected chi connectivity index (χ3v) is 2.55. The fourth-order valence-corrected chi connectivity index (χ4v) is 1.57. The van der Waals surface area contributed by atoms with Crippen LogP contribution in [0.2, 0.25) is 0 Å². The molecule has 80 valence electrons. The Morgan fingerprint density at radius 3 is 3.14 bits per heavy atom. The van der Waals surface area contributed by atoms with Crippen molar-refractivity contribution in [3.05, 3.63) is 12.7 Å². The van der Waals surface area contributed by atoms with Crippen LogP contribution in [0, 0.1) is 5.92 Å². The van der Waals surface area contributed by atoms with Crippen molar-refractivity contribution in [2.24, 2.45) is 5.92 Å². The molecule has 2 unspecified atom stereocenters. The molecule has 4 heteroatoms. The molecule has 0 aromatic heterocycles. The number of hydrogen-bond donors (Lipinski definition) is 3. The lowest BCUT2D eigenvalue weighted by molar-refractivity contribution is 0.226. The number of carbonyl (C=O) groups excluding carboxylic acids is 1. The van der Waals surface area contributed by atoms with Gasteiger partial charge < -0.3 is 16.0 Å². The van der Waals surface area contributed by atoms with E-state index >= 15 is 0 Å². The van der Waals surface area contributed by atoms with E-state index in [0.717, 1.165) is 19.5 Å². The Balaban J connectivity index is 2.27. The van der Waals surface area contributed by atoms with Crippen LogP contribution >= 0.6 is 0 Å². The van der Waals surface area contributed by atoms with E-state index in [4.69, 9.17) is 0 Å². The zero-order valence-electron chi connectivity index (χ0n) is 8.68. The number of piperidine rings is 1. The first-order chi connectivity index (χ1) is 6.74. The molecule has 2 atom stereocenters. The molecule has 1 saturated heterocycles. The Kier molecular flexibility index (Phi) is 4.46. The van der Waals surface area contributed by atoms with Crippen LogP contribution in [0.3, 0.4) is 0 Å². The minimum atomic E-state index is -0.106. The first-order valence-electron chi connectivity index (χ1n) is 5.10. The molecule has 1 rings (SSSR count). The standard InChI is InChI=1S/C10H19N3O/c1-3-5-12-10(14)13-9-7-11-6-4-8(9)2/h3,8-9,11H,1,4-7H2,2H3,(H2,12,13,14). The number of amides is 2. The second kappa shape index (κ2) is 5.65. The van der Waals surface area contributed by atoms with Gasteiger partial charge >= 0.3 is 6.03 Å². The van der Waals surface area contributed by atoms with Crippen LogP contribution in [0.4, 0.5) is 4.79 Å². The minimum Gasteiger partial charge on any atom is -0.335 e. The SMILES string of the molecule is C=CCNC(=O)NC1CNCCC1C. The van der Waals surface area contributed by atoms with Crippen LogP contribution in [0.25, 0.3) is 0 Å². The van der Waals surface area contributed by atoms with Gasteiger partial charge in [0.1, 0.15) is 0 Å². The molecule has 1 heterocycles. The van der Waals surface area contributed by atoms with Crippen molar-refractivity contribution in [2.45, 2.75) is 19.4 Å². The average Bonchev–Trinajstić information content (AvgIpc) is 2.18. The highest BCUT2D eigenvalue weighted by molar-refractivity contribution is 5.74. The maximum atomic E-state index is 11.3. The predicted octanol–water partition coefficient (Wildman–Crippen LogP) is 0.470. The Morgan fingerprint density at radius 2 is 2.50 bits per heavy atom. The molecule has 0 aromatic carbocycles.